The van der Waals surface area contributed by atoms with Crippen molar-refractivity contribution < 1.29 is 4.74 Å². The molecule has 104 valence electrons. The molecule has 19 heavy (non-hydrogen) atoms. The van der Waals surface area contributed by atoms with E-state index in [0.717, 1.165) is 31.9 Å². The molecular formula is C15H23N3O. The first-order valence-corrected chi connectivity index (χ1v) is 7.13. The van der Waals surface area contributed by atoms with E-state index in [-0.39, 0.29) is 0 Å². The lowest BCUT2D eigenvalue weighted by atomic mass is 10.0. The minimum Gasteiger partial charge on any atom is -0.372 e. The summed E-state index contributed by atoms with van der Waals surface area (Å²) in [5, 5.41) is 0. The summed E-state index contributed by atoms with van der Waals surface area (Å²) in [6, 6.07) is 6.13. The molecule has 4 nitrogen and oxygen atoms in total. The van der Waals surface area contributed by atoms with Crippen LogP contribution in [0.15, 0.2) is 24.4 Å². The molecule has 0 spiro atoms. The molecule has 3 rings (SSSR count). The lowest BCUT2D eigenvalue weighted by Crippen LogP contribution is -2.30. The topological polar surface area (TPSA) is 28.6 Å². The lowest BCUT2D eigenvalue weighted by Gasteiger charge is -2.20. The van der Waals surface area contributed by atoms with Gasteiger partial charge in [0.25, 0.3) is 0 Å². The fourth-order valence-corrected chi connectivity index (χ4v) is 3.32. The van der Waals surface area contributed by atoms with E-state index in [9.17, 15) is 0 Å². The summed E-state index contributed by atoms with van der Waals surface area (Å²) in [6.07, 6.45) is 3.95. The van der Waals surface area contributed by atoms with Gasteiger partial charge >= 0.3 is 0 Å². The van der Waals surface area contributed by atoms with Gasteiger partial charge in [-0.15, -0.1) is 0 Å². The molecule has 2 saturated heterocycles. The van der Waals surface area contributed by atoms with Crippen LogP contribution in [-0.4, -0.2) is 60.7 Å². The van der Waals surface area contributed by atoms with Crippen LogP contribution in [-0.2, 0) is 11.3 Å². The van der Waals surface area contributed by atoms with Crippen LogP contribution in [0.5, 0.6) is 0 Å². The highest BCUT2D eigenvalue weighted by atomic mass is 16.5. The summed E-state index contributed by atoms with van der Waals surface area (Å²) in [5.41, 5.74) is 1.16. The van der Waals surface area contributed by atoms with Crippen molar-refractivity contribution in [2.24, 2.45) is 5.92 Å². The van der Waals surface area contributed by atoms with Gasteiger partial charge in [0, 0.05) is 38.3 Å². The minimum absolute atomic E-state index is 0.432. The van der Waals surface area contributed by atoms with E-state index in [0.29, 0.717) is 18.1 Å². The fraction of sp³-hybridized carbons (Fsp3) is 0.667. The number of likely N-dealkylation sites (N-methyl/N-ethyl adjacent to an activating group) is 1. The van der Waals surface area contributed by atoms with Crippen molar-refractivity contribution in [3.05, 3.63) is 30.1 Å². The third-order valence-electron chi connectivity index (χ3n) is 4.07. The highest BCUT2D eigenvalue weighted by Crippen LogP contribution is 2.33. The first-order valence-electron chi connectivity index (χ1n) is 7.13. The number of fused-ring (bicyclic) bond motifs is 1. The maximum Gasteiger partial charge on any atom is 0.0747 e. The third kappa shape index (κ3) is 3.14. The van der Waals surface area contributed by atoms with Crippen LogP contribution >= 0.6 is 0 Å². The predicted octanol–water partition coefficient (Wildman–Crippen LogP) is 1.23. The summed E-state index contributed by atoms with van der Waals surface area (Å²) in [5.74, 6) is 0.716. The molecule has 4 heteroatoms. The van der Waals surface area contributed by atoms with Gasteiger partial charge < -0.3 is 9.64 Å². The van der Waals surface area contributed by atoms with Crippen LogP contribution in [0.3, 0.4) is 0 Å². The number of nitrogens with zero attached hydrogens (tertiary/aromatic N) is 3. The number of likely N-dealkylation sites (tertiary alicyclic amines) is 1. The van der Waals surface area contributed by atoms with E-state index < -0.39 is 0 Å². The van der Waals surface area contributed by atoms with Gasteiger partial charge in [0.05, 0.1) is 17.9 Å². The molecular weight excluding hydrogens is 238 g/mol. The average Bonchev–Trinajstić information content (AvgIpc) is 2.87. The van der Waals surface area contributed by atoms with Crippen molar-refractivity contribution >= 4 is 0 Å². The molecule has 0 saturated carbocycles. The van der Waals surface area contributed by atoms with Crippen molar-refractivity contribution in [2.75, 3.05) is 33.7 Å². The molecule has 1 aromatic rings. The zero-order valence-electron chi connectivity index (χ0n) is 11.8. The van der Waals surface area contributed by atoms with E-state index in [2.05, 4.69) is 41.0 Å². The van der Waals surface area contributed by atoms with Crippen LogP contribution in [0.1, 0.15) is 12.1 Å². The van der Waals surface area contributed by atoms with Gasteiger partial charge in [-0.25, -0.2) is 0 Å². The Morgan fingerprint density at radius 1 is 1.37 bits per heavy atom. The fourth-order valence-electron chi connectivity index (χ4n) is 3.32. The van der Waals surface area contributed by atoms with Gasteiger partial charge in [0.2, 0.25) is 0 Å². The van der Waals surface area contributed by atoms with Crippen molar-refractivity contribution in [3.63, 3.8) is 0 Å². The summed E-state index contributed by atoms with van der Waals surface area (Å²) in [7, 11) is 4.23. The number of aromatic nitrogens is 1. The van der Waals surface area contributed by atoms with Crippen LogP contribution in [0.2, 0.25) is 0 Å². The molecule has 0 radical (unpaired) electrons. The molecule has 0 N–H and O–H groups in total. The van der Waals surface area contributed by atoms with E-state index in [1.807, 2.05) is 12.3 Å². The minimum atomic E-state index is 0.432. The monoisotopic (exact) mass is 261 g/mol. The van der Waals surface area contributed by atoms with Crippen molar-refractivity contribution in [2.45, 2.75) is 25.2 Å². The zero-order valence-corrected chi connectivity index (χ0v) is 11.8. The second kappa shape index (κ2) is 5.57. The van der Waals surface area contributed by atoms with Crippen molar-refractivity contribution in [1.82, 2.24) is 14.8 Å². The van der Waals surface area contributed by atoms with E-state index in [4.69, 9.17) is 4.74 Å². The molecule has 0 aromatic carbocycles. The van der Waals surface area contributed by atoms with Crippen LogP contribution in [0.4, 0.5) is 0 Å². The van der Waals surface area contributed by atoms with Crippen LogP contribution < -0.4 is 0 Å². The molecule has 0 amide bonds. The molecule has 2 aliphatic rings. The Morgan fingerprint density at radius 3 is 2.95 bits per heavy atom. The lowest BCUT2D eigenvalue weighted by molar-refractivity contribution is 0.0249. The van der Waals surface area contributed by atoms with Crippen LogP contribution in [0, 0.1) is 5.92 Å². The van der Waals surface area contributed by atoms with Crippen molar-refractivity contribution in [1.29, 1.82) is 0 Å². The normalized spacial score (nSPS) is 31.0. The van der Waals surface area contributed by atoms with Gasteiger partial charge in [-0.05, 0) is 32.6 Å². The average molecular weight is 261 g/mol. The summed E-state index contributed by atoms with van der Waals surface area (Å²) >= 11 is 0. The van der Waals surface area contributed by atoms with Crippen molar-refractivity contribution in [3.8, 4) is 0 Å². The van der Waals surface area contributed by atoms with Gasteiger partial charge in [-0.2, -0.15) is 0 Å². The van der Waals surface area contributed by atoms with E-state index in [1.165, 1.54) is 6.42 Å². The summed E-state index contributed by atoms with van der Waals surface area (Å²) in [4.78, 5) is 9.10. The van der Waals surface area contributed by atoms with E-state index in [1.54, 1.807) is 0 Å². The number of pyridine rings is 1. The predicted molar refractivity (Wildman–Crippen MR) is 74.8 cm³/mol. The molecule has 3 heterocycles. The largest absolute Gasteiger partial charge is 0.372 e. The SMILES string of the molecule is CN(C)C[C@@H]1C[C@H]2CN(Cc3ccccn3)C[C@H]2O1. The second-order valence-electron chi connectivity index (χ2n) is 6.07. The number of hydrogen-bond donors (Lipinski definition) is 0. The van der Waals surface area contributed by atoms with Gasteiger partial charge in [-0.3, -0.25) is 9.88 Å². The highest BCUT2D eigenvalue weighted by molar-refractivity contribution is 5.04. The molecule has 0 aliphatic carbocycles. The quantitative estimate of drug-likeness (QED) is 0.815. The second-order valence-corrected chi connectivity index (χ2v) is 6.07. The third-order valence-corrected chi connectivity index (χ3v) is 4.07. The Hall–Kier alpha value is -0.970. The molecule has 0 unspecified atom stereocenters. The van der Waals surface area contributed by atoms with E-state index >= 15 is 0 Å². The Kier molecular flexibility index (Phi) is 3.82. The van der Waals surface area contributed by atoms with Gasteiger partial charge in [0.15, 0.2) is 0 Å². The molecule has 2 fully saturated rings. The van der Waals surface area contributed by atoms with Gasteiger partial charge in [-0.1, -0.05) is 6.07 Å². The van der Waals surface area contributed by atoms with Gasteiger partial charge in [0.1, 0.15) is 0 Å². The molecule has 3 atom stereocenters. The number of ether oxygens (including phenoxy) is 1. The Morgan fingerprint density at radius 2 is 2.26 bits per heavy atom. The first kappa shape index (κ1) is 13.0. The standard InChI is InChI=1S/C15H23N3O/c1-17(2)10-14-7-12-8-18(11-15(12)19-14)9-13-5-3-4-6-16-13/h3-6,12,14-15H,7-11H2,1-2H3/t12-,14-,15+/m0/s1. The Balaban J connectivity index is 1.51. The molecule has 2 aliphatic heterocycles. The summed E-state index contributed by atoms with van der Waals surface area (Å²) < 4.78 is 6.16. The molecule has 0 bridgehead atoms. The zero-order chi connectivity index (χ0) is 13.2. The summed E-state index contributed by atoms with van der Waals surface area (Å²) in [6.45, 7) is 4.22. The van der Waals surface area contributed by atoms with Crippen LogP contribution in [0.25, 0.3) is 0 Å². The molecule has 1 aromatic heterocycles. The Labute approximate surface area is 115 Å². The number of hydrogen-bond acceptors (Lipinski definition) is 4. The Bertz CT molecular complexity index is 395. The maximum absolute atomic E-state index is 6.16. The first-order chi connectivity index (χ1) is 9.20. The maximum atomic E-state index is 6.16. The highest BCUT2D eigenvalue weighted by Gasteiger charge is 2.41. The smallest absolute Gasteiger partial charge is 0.0747 e. The number of rotatable bonds is 4.